The lowest BCUT2D eigenvalue weighted by molar-refractivity contribution is 0.194. The molecule has 1 saturated heterocycles. The van der Waals surface area contributed by atoms with E-state index in [0.717, 1.165) is 37.3 Å². The van der Waals surface area contributed by atoms with E-state index in [2.05, 4.69) is 47.6 Å². The number of carbonyl (C=O) groups is 1. The van der Waals surface area contributed by atoms with Gasteiger partial charge in [0.25, 0.3) is 0 Å². The second-order valence-electron chi connectivity index (χ2n) is 6.64. The lowest BCUT2D eigenvalue weighted by Gasteiger charge is -2.32. The summed E-state index contributed by atoms with van der Waals surface area (Å²) in [4.78, 5) is 14.3. The van der Waals surface area contributed by atoms with Crippen LogP contribution >= 0.6 is 0 Å². The van der Waals surface area contributed by atoms with Gasteiger partial charge in [-0.3, -0.25) is 0 Å². The summed E-state index contributed by atoms with van der Waals surface area (Å²) in [5.74, 6) is 0.539. The summed E-state index contributed by atoms with van der Waals surface area (Å²) >= 11 is 0. The minimum atomic E-state index is -0.0510. The molecule has 24 heavy (non-hydrogen) atoms. The van der Waals surface area contributed by atoms with E-state index in [9.17, 15) is 4.79 Å². The van der Waals surface area contributed by atoms with Crippen molar-refractivity contribution in [3.8, 4) is 0 Å². The predicted octanol–water partition coefficient (Wildman–Crippen LogP) is 3.81. The molecule has 2 amide bonds. The van der Waals surface area contributed by atoms with E-state index in [0.29, 0.717) is 5.92 Å². The SMILES string of the molecule is Cc1cc(C)cc(C2CCN(C(=O)Nc3ccnnc3C)CC2)c1. The third kappa shape index (κ3) is 3.72. The zero-order chi connectivity index (χ0) is 17.1. The molecule has 0 radical (unpaired) electrons. The van der Waals surface area contributed by atoms with Gasteiger partial charge in [0.1, 0.15) is 0 Å². The Labute approximate surface area is 143 Å². The Morgan fingerprint density at radius 2 is 1.79 bits per heavy atom. The first-order valence-corrected chi connectivity index (χ1v) is 8.45. The van der Waals surface area contributed by atoms with E-state index in [1.165, 1.54) is 16.7 Å². The number of hydrogen-bond donors (Lipinski definition) is 1. The number of anilines is 1. The number of aromatic nitrogens is 2. The Bertz CT molecular complexity index is 716. The highest BCUT2D eigenvalue weighted by molar-refractivity contribution is 5.89. The maximum absolute atomic E-state index is 12.4. The zero-order valence-corrected chi connectivity index (χ0v) is 14.5. The number of aryl methyl sites for hydroxylation is 3. The van der Waals surface area contributed by atoms with Crippen LogP contribution in [0, 0.1) is 20.8 Å². The van der Waals surface area contributed by atoms with Crippen LogP contribution in [0.2, 0.25) is 0 Å². The molecule has 3 rings (SSSR count). The first-order valence-electron chi connectivity index (χ1n) is 8.45. The Kier molecular flexibility index (Phi) is 4.79. The highest BCUT2D eigenvalue weighted by Crippen LogP contribution is 2.29. The molecule has 126 valence electrons. The smallest absolute Gasteiger partial charge is 0.321 e. The second kappa shape index (κ2) is 6.99. The number of carbonyl (C=O) groups excluding carboxylic acids is 1. The van der Waals surface area contributed by atoms with Crippen LogP contribution in [0.4, 0.5) is 10.5 Å². The average molecular weight is 324 g/mol. The zero-order valence-electron chi connectivity index (χ0n) is 14.5. The standard InChI is InChI=1S/C19H24N4O/c1-13-10-14(2)12-17(11-13)16-5-8-23(9-6-16)19(24)21-18-4-7-20-22-15(18)3/h4,7,10-12,16H,5-6,8-9H2,1-3H3,(H,20,21,24). The second-order valence-corrected chi connectivity index (χ2v) is 6.64. The molecular formula is C19H24N4O. The molecule has 0 aliphatic carbocycles. The Hall–Kier alpha value is -2.43. The molecule has 0 spiro atoms. The third-order valence-corrected chi connectivity index (χ3v) is 4.64. The molecule has 2 heterocycles. The monoisotopic (exact) mass is 324 g/mol. The van der Waals surface area contributed by atoms with Gasteiger partial charge in [-0.1, -0.05) is 29.3 Å². The van der Waals surface area contributed by atoms with E-state index >= 15 is 0 Å². The van der Waals surface area contributed by atoms with Crippen LogP contribution in [0.3, 0.4) is 0 Å². The summed E-state index contributed by atoms with van der Waals surface area (Å²) < 4.78 is 0. The van der Waals surface area contributed by atoms with Crippen LogP contribution in [0.15, 0.2) is 30.5 Å². The topological polar surface area (TPSA) is 58.1 Å². The molecule has 1 aliphatic rings. The summed E-state index contributed by atoms with van der Waals surface area (Å²) in [6.45, 7) is 7.69. The van der Waals surface area contributed by atoms with Crippen LogP contribution in [0.25, 0.3) is 0 Å². The largest absolute Gasteiger partial charge is 0.324 e. The number of nitrogens with zero attached hydrogens (tertiary/aromatic N) is 3. The maximum Gasteiger partial charge on any atom is 0.321 e. The van der Waals surface area contributed by atoms with Crippen molar-refractivity contribution in [2.24, 2.45) is 0 Å². The van der Waals surface area contributed by atoms with Gasteiger partial charge in [-0.2, -0.15) is 10.2 Å². The molecule has 1 aliphatic heterocycles. The molecule has 1 aromatic heterocycles. The number of nitrogens with one attached hydrogen (secondary N) is 1. The van der Waals surface area contributed by atoms with Crippen molar-refractivity contribution in [1.29, 1.82) is 0 Å². The van der Waals surface area contributed by atoms with E-state index in [-0.39, 0.29) is 6.03 Å². The number of urea groups is 1. The molecule has 5 nitrogen and oxygen atoms in total. The third-order valence-electron chi connectivity index (χ3n) is 4.64. The summed E-state index contributed by atoms with van der Waals surface area (Å²) in [6, 6.07) is 8.49. The fourth-order valence-corrected chi connectivity index (χ4v) is 3.39. The Morgan fingerprint density at radius 3 is 2.42 bits per heavy atom. The Balaban J connectivity index is 1.60. The molecule has 1 aromatic carbocycles. The van der Waals surface area contributed by atoms with Gasteiger partial charge in [-0.05, 0) is 51.2 Å². The molecule has 0 bridgehead atoms. The molecule has 1 N–H and O–H groups in total. The highest BCUT2D eigenvalue weighted by atomic mass is 16.2. The number of piperidine rings is 1. The molecule has 5 heteroatoms. The maximum atomic E-state index is 12.4. The van der Waals surface area contributed by atoms with Crippen molar-refractivity contribution < 1.29 is 4.79 Å². The first-order chi connectivity index (χ1) is 11.5. The highest BCUT2D eigenvalue weighted by Gasteiger charge is 2.24. The van der Waals surface area contributed by atoms with Crippen LogP contribution in [0.5, 0.6) is 0 Å². The van der Waals surface area contributed by atoms with Crippen LogP contribution < -0.4 is 5.32 Å². The predicted molar refractivity (Wildman–Crippen MR) is 95.3 cm³/mol. The first kappa shape index (κ1) is 16.4. The molecule has 2 aromatic rings. The minimum absolute atomic E-state index is 0.0510. The lowest BCUT2D eigenvalue weighted by Crippen LogP contribution is -2.40. The van der Waals surface area contributed by atoms with Gasteiger partial charge in [0, 0.05) is 13.1 Å². The number of amides is 2. The number of rotatable bonds is 2. The number of likely N-dealkylation sites (tertiary alicyclic amines) is 1. The molecule has 0 atom stereocenters. The van der Waals surface area contributed by atoms with E-state index < -0.39 is 0 Å². The van der Waals surface area contributed by atoms with Gasteiger partial charge < -0.3 is 10.2 Å². The van der Waals surface area contributed by atoms with E-state index in [1.54, 1.807) is 12.3 Å². The average Bonchev–Trinajstić information content (AvgIpc) is 2.56. The fourth-order valence-electron chi connectivity index (χ4n) is 3.39. The quantitative estimate of drug-likeness (QED) is 0.914. The summed E-state index contributed by atoms with van der Waals surface area (Å²) in [5.41, 5.74) is 5.49. The number of hydrogen-bond acceptors (Lipinski definition) is 3. The van der Waals surface area contributed by atoms with Crippen molar-refractivity contribution in [3.63, 3.8) is 0 Å². The van der Waals surface area contributed by atoms with Crippen molar-refractivity contribution in [2.45, 2.75) is 39.5 Å². The van der Waals surface area contributed by atoms with Crippen LogP contribution in [-0.4, -0.2) is 34.2 Å². The van der Waals surface area contributed by atoms with Gasteiger partial charge in [0.05, 0.1) is 17.6 Å². The molecular weight excluding hydrogens is 300 g/mol. The minimum Gasteiger partial charge on any atom is -0.324 e. The molecule has 0 unspecified atom stereocenters. The van der Waals surface area contributed by atoms with E-state index in [4.69, 9.17) is 0 Å². The summed E-state index contributed by atoms with van der Waals surface area (Å²) in [7, 11) is 0. The van der Waals surface area contributed by atoms with Gasteiger partial charge >= 0.3 is 6.03 Å². The van der Waals surface area contributed by atoms with Crippen LogP contribution in [-0.2, 0) is 0 Å². The van der Waals surface area contributed by atoms with Gasteiger partial charge in [0.15, 0.2) is 0 Å². The summed E-state index contributed by atoms with van der Waals surface area (Å²) in [6.07, 6.45) is 3.60. The van der Waals surface area contributed by atoms with Gasteiger partial charge in [-0.15, -0.1) is 0 Å². The van der Waals surface area contributed by atoms with Crippen molar-refractivity contribution in [2.75, 3.05) is 18.4 Å². The number of benzene rings is 1. The summed E-state index contributed by atoms with van der Waals surface area (Å²) in [5, 5.41) is 10.7. The molecule has 0 saturated carbocycles. The fraction of sp³-hybridized carbons (Fsp3) is 0.421. The normalized spacial score (nSPS) is 15.4. The molecule has 1 fully saturated rings. The Morgan fingerprint density at radius 1 is 1.12 bits per heavy atom. The van der Waals surface area contributed by atoms with Crippen molar-refractivity contribution in [1.82, 2.24) is 15.1 Å². The van der Waals surface area contributed by atoms with Gasteiger partial charge in [-0.25, -0.2) is 4.79 Å². The van der Waals surface area contributed by atoms with Crippen LogP contribution in [0.1, 0.15) is 41.1 Å². The van der Waals surface area contributed by atoms with Crippen molar-refractivity contribution in [3.05, 3.63) is 52.8 Å². The van der Waals surface area contributed by atoms with Gasteiger partial charge in [0.2, 0.25) is 0 Å². The van der Waals surface area contributed by atoms with Crippen molar-refractivity contribution >= 4 is 11.7 Å². The van der Waals surface area contributed by atoms with E-state index in [1.807, 2.05) is 11.8 Å². The lowest BCUT2D eigenvalue weighted by atomic mass is 9.88.